The van der Waals surface area contributed by atoms with E-state index in [2.05, 4.69) is 71.9 Å². The van der Waals surface area contributed by atoms with E-state index < -0.39 is 0 Å². The van der Waals surface area contributed by atoms with Gasteiger partial charge in [-0.25, -0.2) is 4.98 Å². The van der Waals surface area contributed by atoms with Crippen LogP contribution in [0.3, 0.4) is 0 Å². The lowest BCUT2D eigenvalue weighted by molar-refractivity contribution is 0.314. The van der Waals surface area contributed by atoms with Gasteiger partial charge in [-0.2, -0.15) is 5.26 Å². The van der Waals surface area contributed by atoms with Crippen molar-refractivity contribution in [2.24, 2.45) is 0 Å². The summed E-state index contributed by atoms with van der Waals surface area (Å²) in [5.41, 5.74) is 7.23. The first-order valence-electron chi connectivity index (χ1n) is 9.34. The monoisotopic (exact) mass is 366 g/mol. The molecular formula is C24H22N4. The second kappa shape index (κ2) is 7.67. The van der Waals surface area contributed by atoms with Crippen molar-refractivity contribution in [3.8, 4) is 17.3 Å². The molecule has 0 spiro atoms. The molecule has 0 bridgehead atoms. The normalized spacial score (nSPS) is 11.1. The second-order valence-electron chi connectivity index (χ2n) is 7.19. The molecule has 0 saturated heterocycles. The van der Waals surface area contributed by atoms with Crippen molar-refractivity contribution in [2.75, 3.05) is 7.05 Å². The average Bonchev–Trinajstić information content (AvgIpc) is 3.06. The molecule has 0 atom stereocenters. The summed E-state index contributed by atoms with van der Waals surface area (Å²) < 4.78 is 2.18. The summed E-state index contributed by atoms with van der Waals surface area (Å²) in [5, 5.41) is 9.08. The molecule has 4 nitrogen and oxygen atoms in total. The maximum Gasteiger partial charge on any atom is 0.137 e. The van der Waals surface area contributed by atoms with Gasteiger partial charge in [0, 0.05) is 24.8 Å². The van der Waals surface area contributed by atoms with Crippen molar-refractivity contribution < 1.29 is 0 Å². The number of aryl methyl sites for hydroxylation is 1. The molecule has 0 radical (unpaired) electrons. The van der Waals surface area contributed by atoms with Crippen LogP contribution < -0.4 is 0 Å². The van der Waals surface area contributed by atoms with Crippen LogP contribution in [0.5, 0.6) is 0 Å². The van der Waals surface area contributed by atoms with Crippen molar-refractivity contribution in [1.82, 2.24) is 14.3 Å². The first-order chi connectivity index (χ1) is 13.6. The van der Waals surface area contributed by atoms with E-state index in [4.69, 9.17) is 10.2 Å². The highest BCUT2D eigenvalue weighted by Crippen LogP contribution is 2.26. The van der Waals surface area contributed by atoms with Gasteiger partial charge < -0.3 is 4.40 Å². The summed E-state index contributed by atoms with van der Waals surface area (Å²) in [6.07, 6.45) is 2.14. The third-order valence-electron chi connectivity index (χ3n) is 4.87. The SMILES string of the molecule is Cc1ccc2nc(-c3ccc(C#N)cc3)c(CN(C)Cc3ccccc3)n2c1. The number of aromatic nitrogens is 2. The van der Waals surface area contributed by atoms with E-state index in [0.717, 1.165) is 35.7 Å². The number of fused-ring (bicyclic) bond motifs is 1. The molecule has 0 fully saturated rings. The van der Waals surface area contributed by atoms with Crippen molar-refractivity contribution in [3.05, 3.63) is 95.3 Å². The fourth-order valence-corrected chi connectivity index (χ4v) is 3.49. The van der Waals surface area contributed by atoms with E-state index >= 15 is 0 Å². The van der Waals surface area contributed by atoms with E-state index in [1.165, 1.54) is 11.1 Å². The number of pyridine rings is 1. The summed E-state index contributed by atoms with van der Waals surface area (Å²) in [6, 6.07) is 24.5. The van der Waals surface area contributed by atoms with E-state index in [1.54, 1.807) is 0 Å². The lowest BCUT2D eigenvalue weighted by Crippen LogP contribution is -2.18. The molecule has 0 unspecified atom stereocenters. The zero-order chi connectivity index (χ0) is 19.5. The van der Waals surface area contributed by atoms with Crippen LogP contribution in [0.1, 0.15) is 22.4 Å². The van der Waals surface area contributed by atoms with Crippen LogP contribution in [-0.4, -0.2) is 21.3 Å². The zero-order valence-corrected chi connectivity index (χ0v) is 16.1. The molecule has 0 aliphatic rings. The van der Waals surface area contributed by atoms with Gasteiger partial charge >= 0.3 is 0 Å². The van der Waals surface area contributed by atoms with Gasteiger partial charge in [0.2, 0.25) is 0 Å². The fourth-order valence-electron chi connectivity index (χ4n) is 3.49. The minimum atomic E-state index is 0.658. The van der Waals surface area contributed by atoms with Gasteiger partial charge in [0.1, 0.15) is 5.65 Å². The van der Waals surface area contributed by atoms with Crippen LogP contribution in [0.15, 0.2) is 72.9 Å². The Kier molecular flexibility index (Phi) is 4.92. The Morgan fingerprint density at radius 2 is 1.71 bits per heavy atom. The Balaban J connectivity index is 1.74. The molecular weight excluding hydrogens is 344 g/mol. The Labute approximate surface area is 165 Å². The van der Waals surface area contributed by atoms with Gasteiger partial charge in [0.15, 0.2) is 0 Å². The van der Waals surface area contributed by atoms with E-state index in [-0.39, 0.29) is 0 Å². The zero-order valence-electron chi connectivity index (χ0n) is 16.1. The predicted octanol–water partition coefficient (Wildman–Crippen LogP) is 4.81. The van der Waals surface area contributed by atoms with Gasteiger partial charge in [-0.1, -0.05) is 48.5 Å². The summed E-state index contributed by atoms with van der Waals surface area (Å²) in [4.78, 5) is 7.19. The Morgan fingerprint density at radius 3 is 2.43 bits per heavy atom. The number of nitriles is 1. The molecule has 4 aromatic rings. The molecule has 2 aromatic heterocycles. The highest BCUT2D eigenvalue weighted by Gasteiger charge is 2.16. The van der Waals surface area contributed by atoms with Crippen LogP contribution in [0.4, 0.5) is 0 Å². The maximum atomic E-state index is 9.08. The Bertz CT molecular complexity index is 1140. The van der Waals surface area contributed by atoms with Crippen LogP contribution in [-0.2, 0) is 13.1 Å². The summed E-state index contributed by atoms with van der Waals surface area (Å²) >= 11 is 0. The fraction of sp³-hybridized carbons (Fsp3) is 0.167. The number of nitrogens with zero attached hydrogens (tertiary/aromatic N) is 4. The molecule has 4 rings (SSSR count). The molecule has 4 heteroatoms. The average molecular weight is 366 g/mol. The Morgan fingerprint density at radius 1 is 0.964 bits per heavy atom. The molecule has 2 aromatic carbocycles. The number of hydrogen-bond donors (Lipinski definition) is 0. The summed E-state index contributed by atoms with van der Waals surface area (Å²) in [5.74, 6) is 0. The van der Waals surface area contributed by atoms with E-state index in [1.807, 2.05) is 30.3 Å². The molecule has 0 amide bonds. The van der Waals surface area contributed by atoms with Crippen molar-refractivity contribution in [2.45, 2.75) is 20.0 Å². The lowest BCUT2D eigenvalue weighted by Gasteiger charge is -2.18. The molecule has 138 valence electrons. The largest absolute Gasteiger partial charge is 0.302 e. The van der Waals surface area contributed by atoms with E-state index in [9.17, 15) is 0 Å². The first-order valence-corrected chi connectivity index (χ1v) is 9.34. The molecule has 28 heavy (non-hydrogen) atoms. The van der Waals surface area contributed by atoms with Crippen LogP contribution in [0.25, 0.3) is 16.9 Å². The van der Waals surface area contributed by atoms with Crippen molar-refractivity contribution >= 4 is 5.65 Å². The van der Waals surface area contributed by atoms with E-state index in [0.29, 0.717) is 5.56 Å². The quantitative estimate of drug-likeness (QED) is 0.509. The highest BCUT2D eigenvalue weighted by atomic mass is 15.1. The lowest BCUT2D eigenvalue weighted by atomic mass is 10.1. The molecule has 0 aliphatic carbocycles. The standard InChI is InChI=1S/C24H22N4/c1-18-8-13-23-26-24(21-11-9-19(14-25)10-12-21)22(28(23)15-18)17-27(2)16-20-6-4-3-5-7-20/h3-13,15H,16-17H2,1-2H3. The second-order valence-corrected chi connectivity index (χ2v) is 7.19. The van der Waals surface area contributed by atoms with Gasteiger partial charge in [-0.05, 0) is 43.3 Å². The molecule has 0 N–H and O–H groups in total. The maximum absolute atomic E-state index is 9.08. The third-order valence-corrected chi connectivity index (χ3v) is 4.87. The van der Waals surface area contributed by atoms with Crippen LogP contribution in [0, 0.1) is 18.3 Å². The summed E-state index contributed by atoms with van der Waals surface area (Å²) in [7, 11) is 2.13. The number of imidazole rings is 1. The van der Waals surface area contributed by atoms with Gasteiger partial charge in [0.05, 0.1) is 23.0 Å². The highest BCUT2D eigenvalue weighted by molar-refractivity contribution is 5.67. The number of hydrogen-bond acceptors (Lipinski definition) is 3. The minimum Gasteiger partial charge on any atom is -0.302 e. The van der Waals surface area contributed by atoms with Crippen LogP contribution in [0.2, 0.25) is 0 Å². The van der Waals surface area contributed by atoms with Crippen LogP contribution >= 0.6 is 0 Å². The topological polar surface area (TPSA) is 44.3 Å². The Hall–Kier alpha value is -3.42. The third kappa shape index (κ3) is 3.66. The number of rotatable bonds is 5. The molecule has 2 heterocycles. The molecule has 0 saturated carbocycles. The smallest absolute Gasteiger partial charge is 0.137 e. The number of benzene rings is 2. The summed E-state index contributed by atoms with van der Waals surface area (Å²) in [6.45, 7) is 3.74. The van der Waals surface area contributed by atoms with Gasteiger partial charge in [-0.3, -0.25) is 4.90 Å². The first kappa shape index (κ1) is 18.0. The minimum absolute atomic E-state index is 0.658. The van der Waals surface area contributed by atoms with Gasteiger partial charge in [-0.15, -0.1) is 0 Å². The van der Waals surface area contributed by atoms with Crippen molar-refractivity contribution in [1.29, 1.82) is 5.26 Å². The van der Waals surface area contributed by atoms with Gasteiger partial charge in [0.25, 0.3) is 0 Å². The molecule has 0 aliphatic heterocycles. The van der Waals surface area contributed by atoms with Crippen molar-refractivity contribution in [3.63, 3.8) is 0 Å². The predicted molar refractivity (Wildman–Crippen MR) is 112 cm³/mol.